The van der Waals surface area contributed by atoms with Gasteiger partial charge in [-0.2, -0.15) is 0 Å². The second kappa shape index (κ2) is 12.4. The van der Waals surface area contributed by atoms with Crippen LogP contribution in [-0.4, -0.2) is 82.6 Å². The second-order valence-corrected chi connectivity index (χ2v) is 11.5. The fraction of sp³-hybridized carbons (Fsp3) is 0.567. The number of halogens is 1. The lowest BCUT2D eigenvalue weighted by atomic mass is 9.84. The Bertz CT molecular complexity index is 1150. The summed E-state index contributed by atoms with van der Waals surface area (Å²) in [5.41, 5.74) is 2.42. The van der Waals surface area contributed by atoms with Crippen molar-refractivity contribution in [3.8, 4) is 11.5 Å². The number of benzene rings is 2. The van der Waals surface area contributed by atoms with Gasteiger partial charge in [0.05, 0.1) is 24.4 Å². The number of ether oxygens (including phenoxy) is 2. The first-order valence-electron chi connectivity index (χ1n) is 14.1. The standard InChI is InChI=1S/C30H39ClN2O6/c31-22-6-9-27-21(16-22)19-39-30(27)10-12-32(13-11-30)18-25(36)20-38-28-17-24(35)7-8-26(28)29(37)33(14-15-34)23-4-2-1-3-5-23/h6-9,16-17,23,25,34-36H,1-5,10-15,18-20H2/t25-/m0/s1. The van der Waals surface area contributed by atoms with Gasteiger partial charge in [-0.15, -0.1) is 0 Å². The molecule has 1 saturated carbocycles. The third-order valence-corrected chi connectivity index (χ3v) is 8.67. The van der Waals surface area contributed by atoms with Gasteiger partial charge in [-0.25, -0.2) is 0 Å². The molecule has 2 aromatic carbocycles. The van der Waals surface area contributed by atoms with Gasteiger partial charge in [0.1, 0.15) is 24.2 Å². The van der Waals surface area contributed by atoms with E-state index < -0.39 is 6.10 Å². The SMILES string of the molecule is O=C(c1ccc(O)cc1OC[C@@H](O)CN1CCC2(CC1)OCc1cc(Cl)ccc12)N(CCO)C1CCCCC1. The number of β-amino-alcohol motifs (C(OH)–C–C–N with tert-alkyl or cyclic N) is 1. The van der Waals surface area contributed by atoms with Crippen LogP contribution in [0.5, 0.6) is 11.5 Å². The monoisotopic (exact) mass is 558 g/mol. The summed E-state index contributed by atoms with van der Waals surface area (Å²) in [5, 5.41) is 31.2. The molecule has 2 heterocycles. The molecule has 212 valence electrons. The summed E-state index contributed by atoms with van der Waals surface area (Å²) in [5.74, 6) is 0.00629. The van der Waals surface area contributed by atoms with Crippen molar-refractivity contribution in [2.24, 2.45) is 0 Å². The van der Waals surface area contributed by atoms with E-state index in [-0.39, 0.29) is 48.8 Å². The molecule has 2 aliphatic heterocycles. The number of fused-ring (bicyclic) bond motifs is 2. The minimum atomic E-state index is -0.771. The van der Waals surface area contributed by atoms with Crippen molar-refractivity contribution in [2.75, 3.05) is 39.4 Å². The fourth-order valence-corrected chi connectivity index (χ4v) is 6.57. The molecular formula is C30H39ClN2O6. The van der Waals surface area contributed by atoms with E-state index in [1.165, 1.54) is 17.7 Å². The molecule has 0 aromatic heterocycles. The van der Waals surface area contributed by atoms with Crippen LogP contribution in [0.25, 0.3) is 0 Å². The first-order valence-corrected chi connectivity index (χ1v) is 14.5. The Hall–Kier alpha value is -2.36. The maximum atomic E-state index is 13.5. The van der Waals surface area contributed by atoms with Gasteiger partial charge in [0.2, 0.25) is 0 Å². The largest absolute Gasteiger partial charge is 0.508 e. The zero-order chi connectivity index (χ0) is 27.4. The number of rotatable bonds is 9. The third kappa shape index (κ3) is 6.36. The van der Waals surface area contributed by atoms with Crippen molar-refractivity contribution in [3.63, 3.8) is 0 Å². The maximum Gasteiger partial charge on any atom is 0.257 e. The van der Waals surface area contributed by atoms with Crippen molar-refractivity contribution in [1.29, 1.82) is 0 Å². The molecule has 3 aliphatic rings. The second-order valence-electron chi connectivity index (χ2n) is 11.0. The maximum absolute atomic E-state index is 13.5. The van der Waals surface area contributed by atoms with E-state index in [1.54, 1.807) is 11.0 Å². The average molecular weight is 559 g/mol. The Kier molecular flexibility index (Phi) is 8.99. The minimum Gasteiger partial charge on any atom is -0.508 e. The molecule has 1 saturated heterocycles. The molecule has 1 atom stereocenters. The smallest absolute Gasteiger partial charge is 0.257 e. The topological polar surface area (TPSA) is 103 Å². The number of phenolic OH excluding ortho intramolecular Hbond substituents is 1. The number of carbonyl (C=O) groups excluding carboxylic acids is 1. The summed E-state index contributed by atoms with van der Waals surface area (Å²) < 4.78 is 12.2. The Labute approximate surface area is 235 Å². The highest BCUT2D eigenvalue weighted by Crippen LogP contribution is 2.44. The Morgan fingerprint density at radius 3 is 2.67 bits per heavy atom. The lowest BCUT2D eigenvalue weighted by Crippen LogP contribution is -2.46. The lowest BCUT2D eigenvalue weighted by Gasteiger charge is -2.39. The highest BCUT2D eigenvalue weighted by Gasteiger charge is 2.42. The van der Waals surface area contributed by atoms with Gasteiger partial charge >= 0.3 is 0 Å². The van der Waals surface area contributed by atoms with Crippen molar-refractivity contribution >= 4 is 17.5 Å². The molecule has 8 nitrogen and oxygen atoms in total. The molecule has 1 spiro atoms. The quantitative estimate of drug-likeness (QED) is 0.426. The molecule has 0 bridgehead atoms. The number of aromatic hydroxyl groups is 1. The van der Waals surface area contributed by atoms with E-state index in [9.17, 15) is 20.1 Å². The molecule has 3 N–H and O–H groups in total. The Morgan fingerprint density at radius 1 is 1.15 bits per heavy atom. The van der Waals surface area contributed by atoms with E-state index in [1.807, 2.05) is 12.1 Å². The summed E-state index contributed by atoms with van der Waals surface area (Å²) in [7, 11) is 0. The highest BCUT2D eigenvalue weighted by atomic mass is 35.5. The van der Waals surface area contributed by atoms with Crippen LogP contribution in [0.3, 0.4) is 0 Å². The summed E-state index contributed by atoms with van der Waals surface area (Å²) in [6.07, 6.45) is 6.03. The average Bonchev–Trinajstić information content (AvgIpc) is 3.29. The molecule has 2 aromatic rings. The van der Waals surface area contributed by atoms with Crippen LogP contribution in [0.15, 0.2) is 36.4 Å². The zero-order valence-corrected chi connectivity index (χ0v) is 23.1. The van der Waals surface area contributed by atoms with E-state index in [4.69, 9.17) is 21.1 Å². The molecule has 0 unspecified atom stereocenters. The molecule has 1 amide bonds. The van der Waals surface area contributed by atoms with Gasteiger partial charge in [0.15, 0.2) is 0 Å². The molecule has 9 heteroatoms. The van der Waals surface area contributed by atoms with E-state index in [0.717, 1.165) is 68.6 Å². The number of aliphatic hydroxyl groups excluding tert-OH is 2. The fourth-order valence-electron chi connectivity index (χ4n) is 6.38. The molecule has 0 radical (unpaired) electrons. The van der Waals surface area contributed by atoms with Gasteiger partial charge < -0.3 is 34.6 Å². The summed E-state index contributed by atoms with van der Waals surface area (Å²) in [6.45, 7) is 2.71. The summed E-state index contributed by atoms with van der Waals surface area (Å²) >= 11 is 6.16. The van der Waals surface area contributed by atoms with Crippen molar-refractivity contribution in [1.82, 2.24) is 9.80 Å². The number of likely N-dealkylation sites (tertiary alicyclic amines) is 1. The molecule has 39 heavy (non-hydrogen) atoms. The number of piperidine rings is 1. The molecule has 5 rings (SSSR count). The lowest BCUT2D eigenvalue weighted by molar-refractivity contribution is -0.0835. The zero-order valence-electron chi connectivity index (χ0n) is 22.4. The van der Waals surface area contributed by atoms with Crippen LogP contribution in [0.1, 0.15) is 66.4 Å². The van der Waals surface area contributed by atoms with E-state index in [0.29, 0.717) is 18.7 Å². The molecule has 1 aliphatic carbocycles. The minimum absolute atomic E-state index is 0.00730. The van der Waals surface area contributed by atoms with Crippen LogP contribution in [0, 0.1) is 0 Å². The van der Waals surface area contributed by atoms with Gasteiger partial charge in [0, 0.05) is 43.3 Å². The summed E-state index contributed by atoms with van der Waals surface area (Å²) in [4.78, 5) is 17.5. The molecular weight excluding hydrogens is 520 g/mol. The van der Waals surface area contributed by atoms with Crippen LogP contribution < -0.4 is 4.74 Å². The van der Waals surface area contributed by atoms with Crippen molar-refractivity contribution in [3.05, 3.63) is 58.1 Å². The number of nitrogens with zero attached hydrogens (tertiary/aromatic N) is 2. The highest BCUT2D eigenvalue weighted by molar-refractivity contribution is 6.30. The van der Waals surface area contributed by atoms with Gasteiger partial charge in [0.25, 0.3) is 5.91 Å². The summed E-state index contributed by atoms with van der Waals surface area (Å²) in [6, 6.07) is 10.5. The van der Waals surface area contributed by atoms with Crippen LogP contribution in [0.2, 0.25) is 5.02 Å². The van der Waals surface area contributed by atoms with Crippen LogP contribution >= 0.6 is 11.6 Å². The van der Waals surface area contributed by atoms with Gasteiger partial charge in [-0.1, -0.05) is 36.9 Å². The van der Waals surface area contributed by atoms with E-state index in [2.05, 4.69) is 11.0 Å². The van der Waals surface area contributed by atoms with Crippen molar-refractivity contribution < 1.29 is 29.6 Å². The number of hydrogen-bond acceptors (Lipinski definition) is 7. The van der Waals surface area contributed by atoms with Crippen molar-refractivity contribution in [2.45, 2.75) is 69.3 Å². The van der Waals surface area contributed by atoms with Crippen LogP contribution in [0.4, 0.5) is 0 Å². The number of carbonyl (C=O) groups is 1. The normalized spacial score (nSPS) is 20.1. The Balaban J connectivity index is 1.18. The molecule has 2 fully saturated rings. The predicted octanol–water partition coefficient (Wildman–Crippen LogP) is 4.07. The Morgan fingerprint density at radius 2 is 1.92 bits per heavy atom. The van der Waals surface area contributed by atoms with E-state index >= 15 is 0 Å². The van der Waals surface area contributed by atoms with Crippen LogP contribution in [-0.2, 0) is 16.9 Å². The van der Waals surface area contributed by atoms with Gasteiger partial charge in [-0.05, 0) is 61.1 Å². The first-order chi connectivity index (χ1) is 18.9. The third-order valence-electron chi connectivity index (χ3n) is 8.44. The number of aliphatic hydroxyl groups is 2. The van der Waals surface area contributed by atoms with Gasteiger partial charge in [-0.3, -0.25) is 4.79 Å². The first kappa shape index (κ1) is 28.2. The number of phenols is 1. The predicted molar refractivity (Wildman–Crippen MR) is 148 cm³/mol. The number of hydrogen-bond donors (Lipinski definition) is 3. The number of amides is 1.